The molecule has 11 heteroatoms. The Morgan fingerprint density at radius 2 is 1.90 bits per heavy atom. The quantitative estimate of drug-likeness (QED) is 0.539. The second-order valence-corrected chi connectivity index (χ2v) is 7.25. The molecule has 0 saturated heterocycles. The van der Waals surface area contributed by atoms with E-state index in [1.807, 2.05) is 0 Å². The first-order chi connectivity index (χ1) is 14.4. The predicted octanol–water partition coefficient (Wildman–Crippen LogP) is 2.84. The summed E-state index contributed by atoms with van der Waals surface area (Å²) in [5, 5.41) is 4.86. The molecule has 152 valence electrons. The van der Waals surface area contributed by atoms with Gasteiger partial charge in [-0.05, 0) is 35.4 Å². The molecule has 2 aromatic carbocycles. The van der Waals surface area contributed by atoms with Crippen molar-refractivity contribution in [3.05, 3.63) is 53.1 Å². The van der Waals surface area contributed by atoms with E-state index in [-0.39, 0.29) is 28.8 Å². The molecular weight excluding hydrogens is 401 g/mol. The monoisotopic (exact) mass is 414 g/mol. The zero-order valence-electron chi connectivity index (χ0n) is 15.3. The summed E-state index contributed by atoms with van der Waals surface area (Å²) >= 11 is 0. The van der Waals surface area contributed by atoms with Crippen LogP contribution in [0.3, 0.4) is 0 Å². The lowest BCUT2D eigenvalue weighted by molar-refractivity contribution is -0.286. The summed E-state index contributed by atoms with van der Waals surface area (Å²) < 4.78 is 50.9. The van der Waals surface area contributed by atoms with Gasteiger partial charge in [0.05, 0.1) is 6.54 Å². The van der Waals surface area contributed by atoms with Crippen molar-refractivity contribution in [3.63, 3.8) is 0 Å². The van der Waals surface area contributed by atoms with Crippen LogP contribution in [-0.2, 0) is 19.6 Å². The summed E-state index contributed by atoms with van der Waals surface area (Å²) in [4.78, 5) is 10.8. The highest BCUT2D eigenvalue weighted by Crippen LogP contribution is 2.45. The van der Waals surface area contributed by atoms with Crippen LogP contribution in [0.1, 0.15) is 17.0 Å². The number of hydrogen-bond donors (Lipinski definition) is 1. The van der Waals surface area contributed by atoms with Crippen molar-refractivity contribution in [1.82, 2.24) is 24.5 Å². The summed E-state index contributed by atoms with van der Waals surface area (Å²) in [5.41, 5.74) is 8.48. The first kappa shape index (κ1) is 17.3. The van der Waals surface area contributed by atoms with Gasteiger partial charge in [0.1, 0.15) is 11.3 Å². The third-order valence-corrected chi connectivity index (χ3v) is 5.20. The predicted molar refractivity (Wildman–Crippen MR) is 98.3 cm³/mol. The minimum atomic E-state index is -3.76. The van der Waals surface area contributed by atoms with Crippen LogP contribution in [0, 0.1) is 5.82 Å². The van der Waals surface area contributed by atoms with Crippen LogP contribution in [0.4, 0.5) is 19.1 Å². The molecule has 2 aliphatic rings. The van der Waals surface area contributed by atoms with E-state index < -0.39 is 6.29 Å². The minimum Gasteiger partial charge on any atom is -0.395 e. The average Bonchev–Trinajstić information content (AvgIpc) is 3.35. The summed E-state index contributed by atoms with van der Waals surface area (Å²) in [6.45, 7) is 1.62. The first-order valence-electron chi connectivity index (χ1n) is 9.10. The molecule has 2 aromatic heterocycles. The van der Waals surface area contributed by atoms with E-state index in [0.29, 0.717) is 36.5 Å². The highest BCUT2D eigenvalue weighted by atomic mass is 19.3. The van der Waals surface area contributed by atoms with E-state index in [2.05, 4.69) is 29.4 Å². The average molecular weight is 414 g/mol. The van der Waals surface area contributed by atoms with Crippen LogP contribution in [-0.4, -0.2) is 30.8 Å². The third-order valence-electron chi connectivity index (χ3n) is 5.20. The van der Waals surface area contributed by atoms with Gasteiger partial charge in [0.25, 0.3) is 0 Å². The molecule has 0 radical (unpaired) electrons. The van der Waals surface area contributed by atoms with Gasteiger partial charge >= 0.3 is 6.29 Å². The van der Waals surface area contributed by atoms with Crippen molar-refractivity contribution in [2.24, 2.45) is 0 Å². The summed E-state index contributed by atoms with van der Waals surface area (Å²) in [6, 6.07) is 7.68. The van der Waals surface area contributed by atoms with Crippen LogP contribution in [0.2, 0.25) is 0 Å². The standard InChI is InChI=1S/C19H13F3N6O2/c20-11-2-1-9-6-27(7-10(9)5-11)8-14-24-17-12-3-4-13-16(30-19(21,22)29-13)15(12)25-18(23)28(17)26-14/h1-5H,6-8H2,(H2,23,25). The van der Waals surface area contributed by atoms with Crippen molar-refractivity contribution in [2.75, 3.05) is 5.73 Å². The van der Waals surface area contributed by atoms with E-state index in [1.165, 1.54) is 22.7 Å². The first-order valence-corrected chi connectivity index (χ1v) is 9.10. The van der Waals surface area contributed by atoms with Gasteiger partial charge in [-0.15, -0.1) is 13.9 Å². The number of nitrogen functional groups attached to an aromatic ring is 1. The lowest BCUT2D eigenvalue weighted by atomic mass is 10.1. The number of alkyl halides is 2. The molecule has 0 aliphatic carbocycles. The second kappa shape index (κ2) is 5.72. The van der Waals surface area contributed by atoms with Crippen molar-refractivity contribution in [1.29, 1.82) is 0 Å². The Morgan fingerprint density at radius 1 is 1.07 bits per heavy atom. The Kier molecular flexibility index (Phi) is 3.30. The van der Waals surface area contributed by atoms with Gasteiger partial charge in [-0.3, -0.25) is 4.90 Å². The van der Waals surface area contributed by atoms with Gasteiger partial charge in [-0.25, -0.2) is 14.4 Å². The van der Waals surface area contributed by atoms with E-state index in [9.17, 15) is 13.2 Å². The van der Waals surface area contributed by atoms with Crippen LogP contribution in [0.5, 0.6) is 11.5 Å². The highest BCUT2D eigenvalue weighted by Gasteiger charge is 2.45. The summed E-state index contributed by atoms with van der Waals surface area (Å²) in [7, 11) is 0. The Hall–Kier alpha value is -3.60. The van der Waals surface area contributed by atoms with Crippen molar-refractivity contribution in [2.45, 2.75) is 25.9 Å². The Bertz CT molecular complexity index is 1360. The number of hydrogen-bond acceptors (Lipinski definition) is 7. The number of fused-ring (bicyclic) bond motifs is 6. The minimum absolute atomic E-state index is 0.0183. The maximum absolute atomic E-state index is 13.5. The Morgan fingerprint density at radius 3 is 2.77 bits per heavy atom. The molecule has 4 aromatic rings. The molecule has 0 unspecified atom stereocenters. The molecule has 2 N–H and O–H groups in total. The maximum Gasteiger partial charge on any atom is 0.586 e. The van der Waals surface area contributed by atoms with Crippen LogP contribution in [0.25, 0.3) is 16.6 Å². The summed E-state index contributed by atoms with van der Waals surface area (Å²) in [5.74, 6) is -0.113. The molecular formula is C19H13F3N6O2. The lowest BCUT2D eigenvalue weighted by Crippen LogP contribution is -2.26. The zero-order chi connectivity index (χ0) is 20.6. The molecule has 0 amide bonds. The number of aromatic nitrogens is 4. The second-order valence-electron chi connectivity index (χ2n) is 7.25. The molecule has 2 aliphatic heterocycles. The van der Waals surface area contributed by atoms with E-state index in [4.69, 9.17) is 5.73 Å². The van der Waals surface area contributed by atoms with Crippen LogP contribution < -0.4 is 15.2 Å². The van der Waals surface area contributed by atoms with Crippen LogP contribution in [0.15, 0.2) is 30.3 Å². The molecule has 0 saturated carbocycles. The molecule has 30 heavy (non-hydrogen) atoms. The number of nitrogens with two attached hydrogens (primary N) is 1. The van der Waals surface area contributed by atoms with Gasteiger partial charge in [0, 0.05) is 18.5 Å². The number of anilines is 1. The topological polar surface area (TPSA) is 90.8 Å². The molecule has 8 nitrogen and oxygen atoms in total. The fourth-order valence-electron chi connectivity index (χ4n) is 3.95. The van der Waals surface area contributed by atoms with Crippen molar-refractivity contribution in [3.8, 4) is 11.5 Å². The fraction of sp³-hybridized carbons (Fsp3) is 0.211. The van der Waals surface area contributed by atoms with E-state index >= 15 is 0 Å². The van der Waals surface area contributed by atoms with Crippen molar-refractivity contribution >= 4 is 22.5 Å². The Labute approximate surface area is 166 Å². The number of ether oxygens (including phenoxy) is 2. The third kappa shape index (κ3) is 2.55. The number of rotatable bonds is 2. The largest absolute Gasteiger partial charge is 0.586 e. The molecule has 0 atom stereocenters. The molecule has 6 rings (SSSR count). The molecule has 0 spiro atoms. The number of nitrogens with zero attached hydrogens (tertiary/aromatic N) is 5. The lowest BCUT2D eigenvalue weighted by Gasteiger charge is -2.11. The molecule has 0 fully saturated rings. The Balaban J connectivity index is 1.39. The SMILES string of the molecule is Nc1nc2c3c(ccc2c2nc(CN4Cc5ccc(F)cc5C4)nn12)OC(F)(F)O3. The van der Waals surface area contributed by atoms with Crippen LogP contribution >= 0.6 is 0 Å². The number of benzene rings is 2. The fourth-order valence-corrected chi connectivity index (χ4v) is 3.95. The van der Waals surface area contributed by atoms with Gasteiger partial charge in [0.15, 0.2) is 23.0 Å². The van der Waals surface area contributed by atoms with Gasteiger partial charge in [-0.1, -0.05) is 6.07 Å². The van der Waals surface area contributed by atoms with Gasteiger partial charge < -0.3 is 15.2 Å². The number of halogens is 3. The smallest absolute Gasteiger partial charge is 0.395 e. The zero-order valence-corrected chi connectivity index (χ0v) is 15.3. The van der Waals surface area contributed by atoms with E-state index in [0.717, 1.165) is 11.1 Å². The van der Waals surface area contributed by atoms with Crippen molar-refractivity contribution < 1.29 is 22.6 Å². The normalized spacial score (nSPS) is 17.2. The summed E-state index contributed by atoms with van der Waals surface area (Å²) in [6.07, 6.45) is -3.76. The van der Waals surface area contributed by atoms with Gasteiger partial charge in [-0.2, -0.15) is 4.52 Å². The highest BCUT2D eigenvalue weighted by molar-refractivity contribution is 5.97. The van der Waals surface area contributed by atoms with E-state index in [1.54, 1.807) is 12.1 Å². The van der Waals surface area contributed by atoms with Gasteiger partial charge in [0.2, 0.25) is 5.95 Å². The molecule has 0 bridgehead atoms. The maximum atomic E-state index is 13.5. The molecule has 4 heterocycles.